The van der Waals surface area contributed by atoms with Gasteiger partial charge in [0.2, 0.25) is 0 Å². The van der Waals surface area contributed by atoms with Gasteiger partial charge in [0, 0.05) is 19.6 Å². The number of nitrogens with zero attached hydrogens (tertiary/aromatic N) is 1. The van der Waals surface area contributed by atoms with Crippen LogP contribution in [-0.2, 0) is 4.74 Å². The summed E-state index contributed by atoms with van der Waals surface area (Å²) in [5.74, 6) is -0.389. The molecular weight excluding hydrogens is 233 g/mol. The molecule has 1 aliphatic rings. The van der Waals surface area contributed by atoms with E-state index in [0.717, 1.165) is 26.2 Å². The van der Waals surface area contributed by atoms with Crippen molar-refractivity contribution in [3.8, 4) is 0 Å². The number of anilines is 2. The van der Waals surface area contributed by atoms with Crippen molar-refractivity contribution in [3.05, 3.63) is 24.0 Å². The van der Waals surface area contributed by atoms with Crippen molar-refractivity contribution in [1.82, 2.24) is 4.90 Å². The van der Waals surface area contributed by atoms with Crippen molar-refractivity contribution in [3.63, 3.8) is 0 Å². The third-order valence-corrected chi connectivity index (χ3v) is 3.24. The summed E-state index contributed by atoms with van der Waals surface area (Å²) in [7, 11) is 0. The van der Waals surface area contributed by atoms with Gasteiger partial charge in [0.25, 0.3) is 0 Å². The summed E-state index contributed by atoms with van der Waals surface area (Å²) < 4.78 is 18.9. The lowest BCUT2D eigenvalue weighted by molar-refractivity contribution is -0.0191. The Morgan fingerprint density at radius 3 is 3.17 bits per heavy atom. The zero-order valence-corrected chi connectivity index (χ0v) is 10.7. The average molecular weight is 253 g/mol. The molecule has 5 heteroatoms. The standard InChI is InChI=1S/C13H20FN3O/c1-2-17-6-7-18-10(9-17)8-16-12-5-3-4-11(14)13(12)15/h3-5,10,16H,2,6-9,15H2,1H3. The van der Waals surface area contributed by atoms with Crippen LogP contribution in [-0.4, -0.2) is 43.8 Å². The van der Waals surface area contributed by atoms with Crippen LogP contribution < -0.4 is 11.1 Å². The molecule has 0 bridgehead atoms. The van der Waals surface area contributed by atoms with Crippen LogP contribution in [0.25, 0.3) is 0 Å². The summed E-state index contributed by atoms with van der Waals surface area (Å²) in [4.78, 5) is 2.34. The number of para-hydroxylation sites is 1. The van der Waals surface area contributed by atoms with E-state index in [1.165, 1.54) is 6.07 Å². The van der Waals surface area contributed by atoms with E-state index < -0.39 is 0 Å². The maximum absolute atomic E-state index is 13.3. The molecule has 1 fully saturated rings. The number of hydrogen-bond acceptors (Lipinski definition) is 4. The van der Waals surface area contributed by atoms with Gasteiger partial charge in [-0.15, -0.1) is 0 Å². The lowest BCUT2D eigenvalue weighted by Gasteiger charge is -2.32. The zero-order chi connectivity index (χ0) is 13.0. The van der Waals surface area contributed by atoms with E-state index in [1.807, 2.05) is 0 Å². The molecule has 1 heterocycles. The van der Waals surface area contributed by atoms with Gasteiger partial charge in [-0.05, 0) is 18.7 Å². The van der Waals surface area contributed by atoms with Crippen LogP contribution in [0.4, 0.5) is 15.8 Å². The number of nitrogens with two attached hydrogens (primary N) is 1. The minimum absolute atomic E-state index is 0.126. The molecule has 1 saturated heterocycles. The quantitative estimate of drug-likeness (QED) is 0.799. The molecule has 0 aromatic heterocycles. The second-order valence-corrected chi connectivity index (χ2v) is 4.47. The van der Waals surface area contributed by atoms with Crippen LogP contribution in [0.15, 0.2) is 18.2 Å². The molecule has 0 radical (unpaired) electrons. The highest BCUT2D eigenvalue weighted by atomic mass is 19.1. The van der Waals surface area contributed by atoms with Crippen molar-refractivity contribution in [2.75, 3.05) is 43.8 Å². The van der Waals surface area contributed by atoms with E-state index >= 15 is 0 Å². The highest BCUT2D eigenvalue weighted by Gasteiger charge is 2.19. The highest BCUT2D eigenvalue weighted by Crippen LogP contribution is 2.21. The third kappa shape index (κ3) is 3.11. The fraction of sp³-hybridized carbons (Fsp3) is 0.538. The van der Waals surface area contributed by atoms with Crippen molar-refractivity contribution < 1.29 is 9.13 Å². The topological polar surface area (TPSA) is 50.5 Å². The molecule has 0 aliphatic carbocycles. The lowest BCUT2D eigenvalue weighted by atomic mass is 10.2. The summed E-state index contributed by atoms with van der Waals surface area (Å²) in [6, 6.07) is 4.78. The van der Waals surface area contributed by atoms with Crippen molar-refractivity contribution in [2.45, 2.75) is 13.0 Å². The fourth-order valence-corrected chi connectivity index (χ4v) is 2.11. The predicted molar refractivity (Wildman–Crippen MR) is 71.2 cm³/mol. The molecule has 1 unspecified atom stereocenters. The molecule has 0 spiro atoms. The number of ether oxygens (including phenoxy) is 1. The Morgan fingerprint density at radius 1 is 1.56 bits per heavy atom. The molecule has 3 N–H and O–H groups in total. The average Bonchev–Trinajstić information content (AvgIpc) is 2.41. The smallest absolute Gasteiger partial charge is 0.148 e. The van der Waals surface area contributed by atoms with Gasteiger partial charge in [-0.1, -0.05) is 13.0 Å². The van der Waals surface area contributed by atoms with Gasteiger partial charge < -0.3 is 15.8 Å². The van der Waals surface area contributed by atoms with Gasteiger partial charge in [0.15, 0.2) is 0 Å². The summed E-state index contributed by atoms with van der Waals surface area (Å²) >= 11 is 0. The van der Waals surface area contributed by atoms with Crippen molar-refractivity contribution >= 4 is 11.4 Å². The van der Waals surface area contributed by atoms with Crippen LogP contribution in [0.2, 0.25) is 0 Å². The molecular formula is C13H20FN3O. The Morgan fingerprint density at radius 2 is 2.39 bits per heavy atom. The minimum Gasteiger partial charge on any atom is -0.395 e. The number of likely N-dealkylation sites (N-methyl/N-ethyl adjacent to an activating group) is 1. The second-order valence-electron chi connectivity index (χ2n) is 4.47. The maximum Gasteiger partial charge on any atom is 0.148 e. The van der Waals surface area contributed by atoms with Crippen LogP contribution in [0.3, 0.4) is 0 Å². The normalized spacial score (nSPS) is 20.9. The van der Waals surface area contributed by atoms with Gasteiger partial charge in [-0.25, -0.2) is 4.39 Å². The van der Waals surface area contributed by atoms with Gasteiger partial charge in [0.05, 0.1) is 24.1 Å². The SMILES string of the molecule is CCN1CCOC(CNc2cccc(F)c2N)C1. The fourth-order valence-electron chi connectivity index (χ4n) is 2.11. The largest absolute Gasteiger partial charge is 0.395 e. The second kappa shape index (κ2) is 6.02. The molecule has 0 amide bonds. The van der Waals surface area contributed by atoms with Gasteiger partial charge in [0.1, 0.15) is 5.82 Å². The zero-order valence-electron chi connectivity index (χ0n) is 10.7. The number of halogens is 1. The molecule has 18 heavy (non-hydrogen) atoms. The Bertz CT molecular complexity index is 400. The number of rotatable bonds is 4. The summed E-state index contributed by atoms with van der Waals surface area (Å²) in [6.45, 7) is 6.44. The van der Waals surface area contributed by atoms with Crippen LogP contribution in [0.5, 0.6) is 0 Å². The molecule has 1 aliphatic heterocycles. The monoisotopic (exact) mass is 253 g/mol. The summed E-state index contributed by atoms with van der Waals surface area (Å²) in [5.41, 5.74) is 6.46. The third-order valence-electron chi connectivity index (χ3n) is 3.24. The molecule has 2 rings (SSSR count). The highest BCUT2D eigenvalue weighted by molar-refractivity contribution is 5.66. The van der Waals surface area contributed by atoms with Crippen molar-refractivity contribution in [2.24, 2.45) is 0 Å². The Hall–Kier alpha value is -1.33. The Labute approximate surface area is 107 Å². The van der Waals surface area contributed by atoms with Crippen molar-refractivity contribution in [1.29, 1.82) is 0 Å². The van der Waals surface area contributed by atoms with E-state index in [1.54, 1.807) is 12.1 Å². The van der Waals surface area contributed by atoms with E-state index in [4.69, 9.17) is 10.5 Å². The number of morpholine rings is 1. The van der Waals surface area contributed by atoms with Crippen LogP contribution >= 0.6 is 0 Å². The minimum atomic E-state index is -0.389. The molecule has 4 nitrogen and oxygen atoms in total. The van der Waals surface area contributed by atoms with Crippen LogP contribution in [0.1, 0.15) is 6.92 Å². The van der Waals surface area contributed by atoms with Gasteiger partial charge in [-0.3, -0.25) is 4.90 Å². The first-order valence-electron chi connectivity index (χ1n) is 6.32. The van der Waals surface area contributed by atoms with Crippen LogP contribution in [0, 0.1) is 5.82 Å². The van der Waals surface area contributed by atoms with Gasteiger partial charge in [-0.2, -0.15) is 0 Å². The number of benzene rings is 1. The first-order chi connectivity index (χ1) is 8.70. The van der Waals surface area contributed by atoms with E-state index in [0.29, 0.717) is 12.2 Å². The summed E-state index contributed by atoms with van der Waals surface area (Å²) in [5, 5.41) is 3.15. The van der Waals surface area contributed by atoms with E-state index in [-0.39, 0.29) is 17.6 Å². The first-order valence-corrected chi connectivity index (χ1v) is 6.32. The number of nitrogens with one attached hydrogen (secondary N) is 1. The first kappa shape index (κ1) is 13.1. The molecule has 0 saturated carbocycles. The molecule has 1 aromatic rings. The molecule has 100 valence electrons. The molecule has 1 atom stereocenters. The maximum atomic E-state index is 13.3. The van der Waals surface area contributed by atoms with E-state index in [2.05, 4.69) is 17.1 Å². The predicted octanol–water partition coefficient (Wildman–Crippen LogP) is 1.54. The lowest BCUT2D eigenvalue weighted by Crippen LogP contribution is -2.45. The Balaban J connectivity index is 1.89. The van der Waals surface area contributed by atoms with Gasteiger partial charge >= 0.3 is 0 Å². The van der Waals surface area contributed by atoms with E-state index in [9.17, 15) is 4.39 Å². The molecule has 1 aromatic carbocycles. The number of nitrogen functional groups attached to an aromatic ring is 1. The number of hydrogen-bond donors (Lipinski definition) is 2. The Kier molecular flexibility index (Phi) is 4.38. The summed E-state index contributed by atoms with van der Waals surface area (Å²) in [6.07, 6.45) is 0.126.